The Bertz CT molecular complexity index is 2300. The number of methoxy groups -OCH3 is 1. The number of rotatable bonds is 8. The van der Waals surface area contributed by atoms with Crippen LogP contribution in [0.25, 0.3) is 17.2 Å². The summed E-state index contributed by atoms with van der Waals surface area (Å²) in [6.45, 7) is -0.274. The zero-order valence-corrected chi connectivity index (χ0v) is 28.4. The van der Waals surface area contributed by atoms with Gasteiger partial charge in [-0.05, 0) is 65.4 Å². The number of amides is 2. The number of fused-ring (bicyclic) bond motifs is 1. The molecule has 1 fully saturated rings. The number of benzene rings is 3. The number of thioether (sulfide) groups is 1. The number of hydrogen-bond donors (Lipinski definition) is 0. The van der Waals surface area contributed by atoms with Gasteiger partial charge in [0.15, 0.2) is 22.7 Å². The van der Waals surface area contributed by atoms with Gasteiger partial charge in [0.2, 0.25) is 0 Å². The summed E-state index contributed by atoms with van der Waals surface area (Å²) in [6.07, 6.45) is 1.50. The van der Waals surface area contributed by atoms with Crippen molar-refractivity contribution in [2.75, 3.05) is 7.11 Å². The Morgan fingerprint density at radius 1 is 0.917 bits per heavy atom. The fourth-order valence-corrected chi connectivity index (χ4v) is 6.59. The standard InChI is InChI=1S/C32H23Cl3FN5O6S/c1-38-27-26(29(43)39(2)31(38)44)40(14-17-8-9-18(33)13-21(17)35)30(37-27)47-23-10-7-16(11-24(23)46-3)12-25-28(42)41(32(45)48-25)15-19-20(34)5-4-6-22(19)36/h4-13H,14-15H2,1-3H3. The highest BCUT2D eigenvalue weighted by molar-refractivity contribution is 8.18. The quantitative estimate of drug-likeness (QED) is 0.164. The normalized spacial score (nSPS) is 14.1. The molecule has 16 heteroatoms. The molecule has 48 heavy (non-hydrogen) atoms. The molecule has 6 rings (SSSR count). The average molecular weight is 731 g/mol. The molecule has 0 saturated carbocycles. The SMILES string of the molecule is COc1cc(C=C2SC(=O)N(Cc3c(F)cccc3Cl)C2=O)ccc1Oc1nc2c(c(=O)n(C)c(=O)n2C)n1Cc1ccc(Cl)cc1Cl. The Labute approximate surface area is 290 Å². The minimum Gasteiger partial charge on any atom is -0.493 e. The zero-order valence-electron chi connectivity index (χ0n) is 25.3. The van der Waals surface area contributed by atoms with E-state index in [0.29, 0.717) is 32.9 Å². The molecular formula is C32H23Cl3FN5O6S. The summed E-state index contributed by atoms with van der Waals surface area (Å²) in [5.41, 5.74) is 0.162. The van der Waals surface area contributed by atoms with Crippen LogP contribution in [0.3, 0.4) is 0 Å². The van der Waals surface area contributed by atoms with Crippen molar-refractivity contribution < 1.29 is 23.5 Å². The molecule has 1 saturated heterocycles. The van der Waals surface area contributed by atoms with Crippen LogP contribution in [0.1, 0.15) is 16.7 Å². The van der Waals surface area contributed by atoms with Crippen molar-refractivity contribution in [3.8, 4) is 17.5 Å². The van der Waals surface area contributed by atoms with Crippen LogP contribution >= 0.6 is 46.6 Å². The van der Waals surface area contributed by atoms with E-state index >= 15 is 0 Å². The van der Waals surface area contributed by atoms with Gasteiger partial charge in [0.25, 0.3) is 16.7 Å². The minimum atomic E-state index is -0.627. The highest BCUT2D eigenvalue weighted by Crippen LogP contribution is 2.38. The number of imidazole rings is 1. The number of nitrogens with zero attached hydrogens (tertiary/aromatic N) is 5. The first-order chi connectivity index (χ1) is 22.9. The number of imide groups is 1. The monoisotopic (exact) mass is 729 g/mol. The summed E-state index contributed by atoms with van der Waals surface area (Å²) in [5, 5.41) is 0.307. The molecule has 246 valence electrons. The Morgan fingerprint density at radius 2 is 1.69 bits per heavy atom. The lowest BCUT2D eigenvalue weighted by atomic mass is 10.1. The maximum atomic E-state index is 14.4. The van der Waals surface area contributed by atoms with Crippen LogP contribution in [0.15, 0.2) is 69.1 Å². The number of carbonyl (C=O) groups excluding carboxylic acids is 2. The third-order valence-corrected chi connectivity index (χ3v) is 9.44. The zero-order chi connectivity index (χ0) is 34.4. The summed E-state index contributed by atoms with van der Waals surface area (Å²) in [4.78, 5) is 57.4. The maximum Gasteiger partial charge on any atom is 0.332 e. The van der Waals surface area contributed by atoms with Gasteiger partial charge >= 0.3 is 11.7 Å². The van der Waals surface area contributed by atoms with Crippen molar-refractivity contribution in [2.24, 2.45) is 14.1 Å². The molecule has 0 N–H and O–H groups in total. The molecule has 2 aromatic heterocycles. The van der Waals surface area contributed by atoms with Crippen molar-refractivity contribution in [1.82, 2.24) is 23.6 Å². The lowest BCUT2D eigenvalue weighted by Crippen LogP contribution is -2.37. The van der Waals surface area contributed by atoms with Crippen molar-refractivity contribution in [3.05, 3.63) is 118 Å². The molecule has 0 bridgehead atoms. The van der Waals surface area contributed by atoms with E-state index < -0.39 is 28.2 Å². The average Bonchev–Trinajstić information content (AvgIpc) is 3.54. The highest BCUT2D eigenvalue weighted by Gasteiger charge is 2.36. The van der Waals surface area contributed by atoms with E-state index in [0.717, 1.165) is 9.47 Å². The van der Waals surface area contributed by atoms with Crippen molar-refractivity contribution in [3.63, 3.8) is 0 Å². The maximum absolute atomic E-state index is 14.4. The fourth-order valence-electron chi connectivity index (χ4n) is 5.06. The van der Waals surface area contributed by atoms with Crippen LogP contribution in [0, 0.1) is 5.82 Å². The molecule has 0 spiro atoms. The predicted octanol–water partition coefficient (Wildman–Crippen LogP) is 6.62. The summed E-state index contributed by atoms with van der Waals surface area (Å²) in [6, 6.07) is 13.8. The first kappa shape index (κ1) is 33.3. The van der Waals surface area contributed by atoms with Gasteiger partial charge in [-0.15, -0.1) is 0 Å². The smallest absolute Gasteiger partial charge is 0.332 e. The molecule has 0 aliphatic carbocycles. The molecule has 5 aromatic rings. The van der Waals surface area contributed by atoms with E-state index in [1.165, 1.54) is 54.6 Å². The molecular weight excluding hydrogens is 708 g/mol. The van der Waals surface area contributed by atoms with Gasteiger partial charge in [-0.1, -0.05) is 53.0 Å². The van der Waals surface area contributed by atoms with Gasteiger partial charge in [0.1, 0.15) is 5.82 Å². The van der Waals surface area contributed by atoms with Crippen LogP contribution in [-0.4, -0.2) is 41.8 Å². The first-order valence-corrected chi connectivity index (χ1v) is 16.0. The van der Waals surface area contributed by atoms with E-state index in [9.17, 15) is 23.6 Å². The Morgan fingerprint density at radius 3 is 2.40 bits per heavy atom. The van der Waals surface area contributed by atoms with Gasteiger partial charge in [-0.2, -0.15) is 4.98 Å². The van der Waals surface area contributed by atoms with E-state index in [2.05, 4.69) is 4.98 Å². The summed E-state index contributed by atoms with van der Waals surface area (Å²) in [5.74, 6) is -0.813. The molecule has 1 aliphatic heterocycles. The summed E-state index contributed by atoms with van der Waals surface area (Å²) >= 11 is 19.4. The van der Waals surface area contributed by atoms with E-state index in [1.54, 1.807) is 36.4 Å². The fraction of sp³-hybridized carbons (Fsp3) is 0.156. The molecule has 0 atom stereocenters. The molecule has 0 unspecified atom stereocenters. The second kappa shape index (κ2) is 13.2. The third-order valence-electron chi connectivity index (χ3n) is 7.59. The Kier molecular flexibility index (Phi) is 9.14. The molecule has 3 heterocycles. The number of aryl methyl sites for hydroxylation is 1. The van der Waals surface area contributed by atoms with Gasteiger partial charge in [0.05, 0.1) is 25.1 Å². The highest BCUT2D eigenvalue weighted by atomic mass is 35.5. The van der Waals surface area contributed by atoms with Crippen molar-refractivity contribution in [1.29, 1.82) is 0 Å². The molecule has 11 nitrogen and oxygen atoms in total. The Balaban J connectivity index is 1.35. The van der Waals surface area contributed by atoms with Crippen molar-refractivity contribution >= 4 is 75.0 Å². The summed E-state index contributed by atoms with van der Waals surface area (Å²) < 4.78 is 29.8. The lowest BCUT2D eigenvalue weighted by molar-refractivity contribution is -0.123. The number of halogens is 4. The van der Waals surface area contributed by atoms with E-state index in [4.69, 9.17) is 44.3 Å². The molecule has 3 aromatic carbocycles. The molecule has 0 radical (unpaired) electrons. The van der Waals surface area contributed by atoms with Gasteiger partial charge in [-0.3, -0.25) is 33.0 Å². The van der Waals surface area contributed by atoms with E-state index in [1.807, 2.05) is 0 Å². The predicted molar refractivity (Wildman–Crippen MR) is 182 cm³/mol. The minimum absolute atomic E-state index is 0.0340. The topological polar surface area (TPSA) is 118 Å². The van der Waals surface area contributed by atoms with Crippen molar-refractivity contribution in [2.45, 2.75) is 13.1 Å². The number of carbonyl (C=O) groups is 2. The second-order valence-electron chi connectivity index (χ2n) is 10.6. The van der Waals surface area contributed by atoms with Crippen LogP contribution < -0.4 is 20.7 Å². The largest absolute Gasteiger partial charge is 0.493 e. The third kappa shape index (κ3) is 6.10. The van der Waals surface area contributed by atoms with Crippen LogP contribution in [-0.2, 0) is 32.0 Å². The number of ether oxygens (including phenoxy) is 2. The van der Waals surface area contributed by atoms with Crippen LogP contribution in [0.5, 0.6) is 17.5 Å². The summed E-state index contributed by atoms with van der Waals surface area (Å²) in [7, 11) is 4.26. The first-order valence-electron chi connectivity index (χ1n) is 14.0. The molecule has 2 amide bonds. The number of aromatic nitrogens is 4. The van der Waals surface area contributed by atoms with Crippen LogP contribution in [0.4, 0.5) is 9.18 Å². The number of hydrogen-bond acceptors (Lipinski definition) is 8. The van der Waals surface area contributed by atoms with Gasteiger partial charge in [0, 0.05) is 34.7 Å². The lowest BCUT2D eigenvalue weighted by Gasteiger charge is -2.14. The van der Waals surface area contributed by atoms with E-state index in [-0.39, 0.29) is 57.3 Å². The van der Waals surface area contributed by atoms with Gasteiger partial charge in [-0.25, -0.2) is 9.18 Å². The molecule has 1 aliphatic rings. The van der Waals surface area contributed by atoms with Crippen LogP contribution in [0.2, 0.25) is 15.1 Å². The Hall–Kier alpha value is -4.56. The second-order valence-corrected chi connectivity index (χ2v) is 12.8. The van der Waals surface area contributed by atoms with Gasteiger partial charge < -0.3 is 9.47 Å².